The molecule has 0 aromatic heterocycles. The fraction of sp³-hybridized carbons (Fsp3) is 0.619. The van der Waals surface area contributed by atoms with Crippen LogP contribution in [0.1, 0.15) is 87.6 Å². The highest BCUT2D eigenvalue weighted by molar-refractivity contribution is 9.10. The van der Waals surface area contributed by atoms with Gasteiger partial charge in [0, 0.05) is 6.92 Å². The Kier molecular flexibility index (Phi) is 11.4. The molecule has 0 amide bonds. The topological polar surface area (TPSA) is 43.4 Å². The number of hydrogen-bond donors (Lipinski definition) is 0. The molecule has 146 valence electrons. The Morgan fingerprint density at radius 1 is 1.04 bits per heavy atom. The van der Waals surface area contributed by atoms with E-state index in [-0.39, 0.29) is 10.6 Å². The van der Waals surface area contributed by atoms with Gasteiger partial charge in [0.2, 0.25) is 0 Å². The molecular weight excluding hydrogens is 460 g/mol. The third-order valence-electron chi connectivity index (χ3n) is 4.29. The molecule has 0 saturated carbocycles. The van der Waals surface area contributed by atoms with E-state index < -0.39 is 5.97 Å². The van der Waals surface area contributed by atoms with E-state index in [1.807, 2.05) is 13.0 Å². The Morgan fingerprint density at radius 2 is 1.62 bits per heavy atom. The first-order valence-corrected chi connectivity index (χ1v) is 11.2. The van der Waals surface area contributed by atoms with Crippen molar-refractivity contribution in [1.82, 2.24) is 0 Å². The smallest absolute Gasteiger partial charge is 0.308 e. The number of aryl methyl sites for hydroxylation is 1. The van der Waals surface area contributed by atoms with E-state index in [1.54, 1.807) is 6.07 Å². The third kappa shape index (κ3) is 8.34. The van der Waals surface area contributed by atoms with Crippen molar-refractivity contribution in [1.29, 1.82) is 0 Å². The number of alkyl halides is 1. The van der Waals surface area contributed by atoms with Crippen LogP contribution in [-0.4, -0.2) is 16.6 Å². The number of carbonyl (C=O) groups is 2. The monoisotopic (exact) mass is 488 g/mol. The normalized spacial score (nSPS) is 12.0. The van der Waals surface area contributed by atoms with Gasteiger partial charge in [0.1, 0.15) is 0 Å². The summed E-state index contributed by atoms with van der Waals surface area (Å²) in [5, 5.41) is 0. The summed E-state index contributed by atoms with van der Waals surface area (Å²) >= 11 is 6.93. The van der Waals surface area contributed by atoms with Crippen LogP contribution in [0.5, 0.6) is 5.75 Å². The predicted octanol–water partition coefficient (Wildman–Crippen LogP) is 7.16. The first-order valence-electron chi connectivity index (χ1n) is 9.53. The molecule has 26 heavy (non-hydrogen) atoms. The fourth-order valence-electron chi connectivity index (χ4n) is 2.92. The zero-order valence-corrected chi connectivity index (χ0v) is 19.2. The number of esters is 1. The average Bonchev–Trinajstić information content (AvgIpc) is 2.58. The van der Waals surface area contributed by atoms with Gasteiger partial charge in [-0.05, 0) is 47.0 Å². The van der Waals surface area contributed by atoms with Gasteiger partial charge in [-0.15, -0.1) is 0 Å². The molecule has 0 spiro atoms. The maximum Gasteiger partial charge on any atom is 0.308 e. The van der Waals surface area contributed by atoms with E-state index in [9.17, 15) is 9.59 Å². The molecule has 3 nitrogen and oxygen atoms in total. The Labute approximate surface area is 174 Å². The van der Waals surface area contributed by atoms with Crippen LogP contribution < -0.4 is 4.74 Å². The van der Waals surface area contributed by atoms with Crippen LogP contribution in [0.25, 0.3) is 0 Å². The fourth-order valence-corrected chi connectivity index (χ4v) is 4.14. The van der Waals surface area contributed by atoms with Gasteiger partial charge in [0.05, 0.1) is 14.9 Å². The third-order valence-corrected chi connectivity index (χ3v) is 5.76. The van der Waals surface area contributed by atoms with Gasteiger partial charge in [-0.1, -0.05) is 74.2 Å². The Morgan fingerprint density at radius 3 is 2.19 bits per heavy atom. The van der Waals surface area contributed by atoms with E-state index in [2.05, 4.69) is 38.8 Å². The van der Waals surface area contributed by atoms with E-state index >= 15 is 0 Å². The van der Waals surface area contributed by atoms with E-state index in [0.717, 1.165) is 24.8 Å². The van der Waals surface area contributed by atoms with Gasteiger partial charge in [0.15, 0.2) is 11.5 Å². The molecule has 0 bridgehead atoms. The lowest BCUT2D eigenvalue weighted by Gasteiger charge is -2.14. The van der Waals surface area contributed by atoms with Crippen LogP contribution in [0.15, 0.2) is 16.6 Å². The lowest BCUT2D eigenvalue weighted by molar-refractivity contribution is -0.131. The van der Waals surface area contributed by atoms with Gasteiger partial charge >= 0.3 is 5.97 Å². The number of ketones is 1. The maximum atomic E-state index is 12.8. The zero-order valence-electron chi connectivity index (χ0n) is 16.1. The molecule has 0 saturated heterocycles. The van der Waals surface area contributed by atoms with Gasteiger partial charge in [-0.3, -0.25) is 9.59 Å². The summed E-state index contributed by atoms with van der Waals surface area (Å²) in [6.45, 7) is 5.49. The van der Waals surface area contributed by atoms with Gasteiger partial charge in [-0.25, -0.2) is 0 Å². The highest BCUT2D eigenvalue weighted by Crippen LogP contribution is 2.33. The summed E-state index contributed by atoms with van der Waals surface area (Å²) in [6, 6.07) is 3.63. The highest BCUT2D eigenvalue weighted by Gasteiger charge is 2.23. The highest BCUT2D eigenvalue weighted by atomic mass is 79.9. The number of rotatable bonds is 12. The molecule has 0 aliphatic rings. The minimum atomic E-state index is -0.433. The average molecular weight is 490 g/mol. The quantitative estimate of drug-likeness (QED) is 0.103. The molecule has 5 heteroatoms. The predicted molar refractivity (Wildman–Crippen MR) is 114 cm³/mol. The molecule has 0 heterocycles. The van der Waals surface area contributed by atoms with Crippen LogP contribution in [-0.2, 0) is 4.79 Å². The van der Waals surface area contributed by atoms with Crippen LogP contribution in [0.3, 0.4) is 0 Å². The van der Waals surface area contributed by atoms with E-state index in [0.29, 0.717) is 15.8 Å². The van der Waals surface area contributed by atoms with Crippen molar-refractivity contribution in [3.8, 4) is 5.75 Å². The summed E-state index contributed by atoms with van der Waals surface area (Å²) < 4.78 is 5.89. The van der Waals surface area contributed by atoms with Gasteiger partial charge in [-0.2, -0.15) is 0 Å². The summed E-state index contributed by atoms with van der Waals surface area (Å²) in [4.78, 5) is 23.9. The standard InChI is InChI=1S/C21H30Br2O3/c1-4-5-6-7-8-9-10-11-12-18(22)20(25)17-13-15(2)14-19(23)21(17)26-16(3)24/h13-14,18H,4-12H2,1-3H3/t18-/m0/s1. The van der Waals surface area contributed by atoms with Crippen molar-refractivity contribution in [2.24, 2.45) is 0 Å². The molecule has 1 rings (SSSR count). The number of unbranched alkanes of at least 4 members (excludes halogenated alkanes) is 7. The van der Waals surface area contributed by atoms with E-state index in [4.69, 9.17) is 4.74 Å². The Balaban J connectivity index is 2.56. The second-order valence-corrected chi connectivity index (χ2v) is 8.77. The number of Topliss-reactive ketones (excluding diaryl/α,β-unsaturated/α-hetero) is 1. The molecule has 1 aromatic carbocycles. The van der Waals surface area contributed by atoms with Crippen molar-refractivity contribution in [2.75, 3.05) is 0 Å². The largest absolute Gasteiger partial charge is 0.425 e. The number of benzene rings is 1. The lowest BCUT2D eigenvalue weighted by atomic mass is 10.0. The summed E-state index contributed by atoms with van der Waals surface area (Å²) in [5.74, 6) is -0.153. The Hall–Kier alpha value is -0.680. The maximum absolute atomic E-state index is 12.8. The molecule has 0 unspecified atom stereocenters. The van der Waals surface area contributed by atoms with Crippen LogP contribution in [0.4, 0.5) is 0 Å². The number of ether oxygens (including phenoxy) is 1. The van der Waals surface area contributed by atoms with Crippen molar-refractivity contribution < 1.29 is 14.3 Å². The van der Waals surface area contributed by atoms with Crippen LogP contribution in [0, 0.1) is 6.92 Å². The Bertz CT molecular complexity index is 599. The molecular formula is C21H30Br2O3. The molecule has 0 aliphatic heterocycles. The summed E-state index contributed by atoms with van der Waals surface area (Å²) in [7, 11) is 0. The van der Waals surface area contributed by atoms with Crippen molar-refractivity contribution >= 4 is 43.6 Å². The minimum Gasteiger partial charge on any atom is -0.425 e. The van der Waals surface area contributed by atoms with Crippen LogP contribution in [0.2, 0.25) is 0 Å². The van der Waals surface area contributed by atoms with Gasteiger partial charge < -0.3 is 4.74 Å². The molecule has 0 fully saturated rings. The zero-order chi connectivity index (χ0) is 19.5. The molecule has 1 aromatic rings. The second kappa shape index (κ2) is 12.7. The molecule has 0 N–H and O–H groups in total. The summed E-state index contributed by atoms with van der Waals surface area (Å²) in [6.07, 6.45) is 10.7. The first-order chi connectivity index (χ1) is 12.4. The molecule has 0 aliphatic carbocycles. The van der Waals surface area contributed by atoms with Crippen molar-refractivity contribution in [3.63, 3.8) is 0 Å². The van der Waals surface area contributed by atoms with Crippen molar-refractivity contribution in [3.05, 3.63) is 27.7 Å². The molecule has 0 radical (unpaired) electrons. The number of carbonyl (C=O) groups excluding carboxylic acids is 2. The number of hydrogen-bond acceptors (Lipinski definition) is 3. The lowest BCUT2D eigenvalue weighted by Crippen LogP contribution is -2.17. The van der Waals surface area contributed by atoms with Crippen molar-refractivity contribution in [2.45, 2.75) is 83.4 Å². The SMILES string of the molecule is CCCCCCCCCC[C@H](Br)C(=O)c1cc(C)cc(Br)c1OC(C)=O. The molecule has 1 atom stereocenters. The van der Waals surface area contributed by atoms with Gasteiger partial charge in [0.25, 0.3) is 0 Å². The number of halogens is 2. The summed E-state index contributed by atoms with van der Waals surface area (Å²) in [5.41, 5.74) is 1.40. The minimum absolute atomic E-state index is 0.0337. The van der Waals surface area contributed by atoms with E-state index in [1.165, 1.54) is 45.4 Å². The second-order valence-electron chi connectivity index (χ2n) is 6.81. The first kappa shape index (κ1) is 23.4. The van der Waals surface area contributed by atoms with Crippen LogP contribution >= 0.6 is 31.9 Å².